The largest absolute Gasteiger partial charge is 0.481 e. The highest BCUT2D eigenvalue weighted by molar-refractivity contribution is 7.91. The number of thiophene rings is 1. The minimum atomic E-state index is -3.41. The summed E-state index contributed by atoms with van der Waals surface area (Å²) < 4.78 is 26.7. The maximum Gasteiger partial charge on any atom is 0.303 e. The number of carboxylic acids is 1. The third kappa shape index (κ3) is 5.71. The van der Waals surface area contributed by atoms with Crippen molar-refractivity contribution in [1.82, 2.24) is 4.72 Å². The fraction of sp³-hybridized carbons (Fsp3) is 0.583. The Bertz CT molecular complexity index is 522. The van der Waals surface area contributed by atoms with E-state index in [0.717, 1.165) is 4.88 Å². The molecule has 0 saturated heterocycles. The smallest absolute Gasteiger partial charge is 0.303 e. The summed E-state index contributed by atoms with van der Waals surface area (Å²) in [5.74, 6) is -0.634. The topological polar surface area (TPSA) is 83.5 Å². The molecular formula is C12H19NO4S2. The van der Waals surface area contributed by atoms with Gasteiger partial charge in [0.05, 0.1) is 0 Å². The van der Waals surface area contributed by atoms with Gasteiger partial charge in [-0.15, -0.1) is 11.3 Å². The molecule has 0 radical (unpaired) electrons. The summed E-state index contributed by atoms with van der Waals surface area (Å²) in [5.41, 5.74) is 0. The molecule has 0 aliphatic rings. The van der Waals surface area contributed by atoms with Crippen LogP contribution in [0.1, 0.15) is 31.1 Å². The fourth-order valence-electron chi connectivity index (χ4n) is 1.58. The lowest BCUT2D eigenvalue weighted by Crippen LogP contribution is -2.25. The van der Waals surface area contributed by atoms with E-state index in [1.165, 1.54) is 11.3 Å². The molecule has 0 fully saturated rings. The molecular weight excluding hydrogens is 286 g/mol. The maximum atomic E-state index is 11.9. The Morgan fingerprint density at radius 3 is 2.63 bits per heavy atom. The van der Waals surface area contributed by atoms with E-state index in [-0.39, 0.29) is 12.3 Å². The lowest BCUT2D eigenvalue weighted by Gasteiger charge is -2.10. The molecule has 0 saturated carbocycles. The van der Waals surface area contributed by atoms with Crippen molar-refractivity contribution in [2.24, 2.45) is 5.92 Å². The zero-order valence-electron chi connectivity index (χ0n) is 11.0. The highest BCUT2D eigenvalue weighted by Crippen LogP contribution is 2.20. The maximum absolute atomic E-state index is 11.9. The van der Waals surface area contributed by atoms with Crippen molar-refractivity contribution in [3.63, 3.8) is 0 Å². The van der Waals surface area contributed by atoms with Gasteiger partial charge in [0.2, 0.25) is 10.0 Å². The van der Waals surface area contributed by atoms with E-state index in [4.69, 9.17) is 5.11 Å². The average molecular weight is 305 g/mol. The van der Waals surface area contributed by atoms with E-state index >= 15 is 0 Å². The van der Waals surface area contributed by atoms with Gasteiger partial charge in [0, 0.05) is 17.8 Å². The first kappa shape index (κ1) is 16.1. The number of hydrogen-bond donors (Lipinski definition) is 2. The summed E-state index contributed by atoms with van der Waals surface area (Å²) in [6.45, 7) is 4.12. The predicted octanol–water partition coefficient (Wildman–Crippen LogP) is 2.23. The van der Waals surface area contributed by atoms with Crippen LogP contribution in [0.15, 0.2) is 16.3 Å². The van der Waals surface area contributed by atoms with Crippen LogP contribution >= 0.6 is 11.3 Å². The van der Waals surface area contributed by atoms with Crippen molar-refractivity contribution in [3.05, 3.63) is 17.0 Å². The third-order valence-corrected chi connectivity index (χ3v) is 5.71. The molecule has 7 heteroatoms. The molecule has 0 aliphatic heterocycles. The van der Waals surface area contributed by atoms with Crippen LogP contribution in [0.5, 0.6) is 0 Å². The molecule has 108 valence electrons. The summed E-state index contributed by atoms with van der Waals surface area (Å²) >= 11 is 1.24. The Kier molecular flexibility index (Phi) is 5.96. The van der Waals surface area contributed by atoms with Crippen LogP contribution in [0.4, 0.5) is 0 Å². The van der Waals surface area contributed by atoms with Gasteiger partial charge in [-0.05, 0) is 37.8 Å². The van der Waals surface area contributed by atoms with Crippen molar-refractivity contribution in [1.29, 1.82) is 0 Å². The van der Waals surface area contributed by atoms with E-state index in [2.05, 4.69) is 4.72 Å². The first-order valence-corrected chi connectivity index (χ1v) is 8.39. The number of carbonyl (C=O) groups is 1. The zero-order chi connectivity index (χ0) is 14.5. The van der Waals surface area contributed by atoms with Gasteiger partial charge in [-0.3, -0.25) is 4.79 Å². The number of nitrogens with one attached hydrogen (secondary N) is 1. The van der Waals surface area contributed by atoms with Gasteiger partial charge in [-0.2, -0.15) is 0 Å². The molecule has 1 aromatic rings. The van der Waals surface area contributed by atoms with Crippen molar-refractivity contribution >= 4 is 27.3 Å². The van der Waals surface area contributed by atoms with Crippen molar-refractivity contribution in [2.45, 2.75) is 37.3 Å². The molecule has 1 rings (SSSR count). The summed E-state index contributed by atoms with van der Waals surface area (Å²) in [5, 5.41) is 8.56. The summed E-state index contributed by atoms with van der Waals surface area (Å²) in [6, 6.07) is 3.37. The number of aliphatic carboxylic acids is 1. The standard InChI is InChI=1S/C12H19NO4S2/c1-9(3-5-11(14)15)7-8-13-19(16,17)12-6-4-10(2)18-12/h4,6,9,13H,3,5,7-8H2,1-2H3,(H,14,15). The van der Waals surface area contributed by atoms with Crippen LogP contribution < -0.4 is 4.72 Å². The average Bonchev–Trinajstić information content (AvgIpc) is 2.74. The third-order valence-electron chi connectivity index (χ3n) is 2.76. The van der Waals surface area contributed by atoms with E-state index in [1.807, 2.05) is 13.8 Å². The van der Waals surface area contributed by atoms with Gasteiger partial charge in [0.1, 0.15) is 4.21 Å². The molecule has 0 aliphatic carbocycles. The monoisotopic (exact) mass is 305 g/mol. The molecule has 0 amide bonds. The molecule has 1 heterocycles. The summed E-state index contributed by atoms with van der Waals surface area (Å²) in [4.78, 5) is 11.4. The first-order chi connectivity index (χ1) is 8.81. The van der Waals surface area contributed by atoms with Crippen molar-refractivity contribution in [2.75, 3.05) is 6.54 Å². The van der Waals surface area contributed by atoms with Crippen LogP contribution in [0.2, 0.25) is 0 Å². The van der Waals surface area contributed by atoms with E-state index in [1.54, 1.807) is 12.1 Å². The Morgan fingerprint density at radius 1 is 1.42 bits per heavy atom. The van der Waals surface area contributed by atoms with E-state index in [0.29, 0.717) is 23.6 Å². The molecule has 2 N–H and O–H groups in total. The lowest BCUT2D eigenvalue weighted by molar-refractivity contribution is -0.137. The summed E-state index contributed by atoms with van der Waals surface area (Å²) in [7, 11) is -3.41. The molecule has 19 heavy (non-hydrogen) atoms. The van der Waals surface area contributed by atoms with E-state index < -0.39 is 16.0 Å². The quantitative estimate of drug-likeness (QED) is 0.771. The zero-order valence-corrected chi connectivity index (χ0v) is 12.7. The SMILES string of the molecule is Cc1ccc(S(=O)(=O)NCCC(C)CCC(=O)O)s1. The summed E-state index contributed by atoms with van der Waals surface area (Å²) in [6.07, 6.45) is 1.32. The van der Waals surface area contributed by atoms with Crippen LogP contribution in [0.25, 0.3) is 0 Å². The van der Waals surface area contributed by atoms with Crippen LogP contribution in [0.3, 0.4) is 0 Å². The van der Waals surface area contributed by atoms with Gasteiger partial charge in [-0.25, -0.2) is 13.1 Å². The van der Waals surface area contributed by atoms with E-state index in [9.17, 15) is 13.2 Å². The molecule has 5 nitrogen and oxygen atoms in total. The number of rotatable bonds is 8. The second-order valence-corrected chi connectivity index (χ2v) is 7.87. The number of aryl methyl sites for hydroxylation is 1. The predicted molar refractivity (Wildman–Crippen MR) is 74.9 cm³/mol. The molecule has 1 atom stereocenters. The van der Waals surface area contributed by atoms with Crippen LogP contribution in [-0.4, -0.2) is 26.0 Å². The van der Waals surface area contributed by atoms with Crippen molar-refractivity contribution in [3.8, 4) is 0 Å². The number of sulfonamides is 1. The Labute approximate surface area is 117 Å². The fourth-order valence-corrected chi connectivity index (χ4v) is 3.96. The number of carboxylic acid groups (broad SMARTS) is 1. The normalized spacial score (nSPS) is 13.4. The van der Waals surface area contributed by atoms with Crippen LogP contribution in [-0.2, 0) is 14.8 Å². The Hall–Kier alpha value is -0.920. The van der Waals surface area contributed by atoms with Gasteiger partial charge in [-0.1, -0.05) is 6.92 Å². The Balaban J connectivity index is 2.38. The highest BCUT2D eigenvalue weighted by atomic mass is 32.2. The van der Waals surface area contributed by atoms with Gasteiger partial charge < -0.3 is 5.11 Å². The molecule has 0 bridgehead atoms. The van der Waals surface area contributed by atoms with Gasteiger partial charge in [0.25, 0.3) is 0 Å². The molecule has 1 unspecified atom stereocenters. The minimum Gasteiger partial charge on any atom is -0.481 e. The first-order valence-electron chi connectivity index (χ1n) is 6.09. The lowest BCUT2D eigenvalue weighted by atomic mass is 10.0. The van der Waals surface area contributed by atoms with Crippen LogP contribution in [0, 0.1) is 12.8 Å². The van der Waals surface area contributed by atoms with Gasteiger partial charge in [0.15, 0.2) is 0 Å². The molecule has 0 spiro atoms. The molecule has 0 aromatic carbocycles. The van der Waals surface area contributed by atoms with Crippen molar-refractivity contribution < 1.29 is 18.3 Å². The highest BCUT2D eigenvalue weighted by Gasteiger charge is 2.16. The second-order valence-electron chi connectivity index (χ2n) is 4.59. The second kappa shape index (κ2) is 7.02. The Morgan fingerprint density at radius 2 is 2.11 bits per heavy atom. The minimum absolute atomic E-state index is 0.123. The number of hydrogen-bond acceptors (Lipinski definition) is 4. The molecule has 1 aromatic heterocycles. The van der Waals surface area contributed by atoms with Gasteiger partial charge >= 0.3 is 5.97 Å².